The Balaban J connectivity index is 1.50. The molecule has 5 rings (SSSR count). The Bertz CT molecular complexity index is 1280. The third-order valence-corrected chi connectivity index (χ3v) is 5.70. The molecule has 0 radical (unpaired) electrons. The highest BCUT2D eigenvalue weighted by atomic mass is 16.5. The van der Waals surface area contributed by atoms with Crippen molar-refractivity contribution in [2.24, 2.45) is 4.99 Å². The lowest BCUT2D eigenvalue weighted by Crippen LogP contribution is -2.36. The Morgan fingerprint density at radius 3 is 2.09 bits per heavy atom. The van der Waals surface area contributed by atoms with Crippen molar-refractivity contribution in [3.63, 3.8) is 0 Å². The molecule has 5 heteroatoms. The third kappa shape index (κ3) is 4.43. The third-order valence-electron chi connectivity index (χ3n) is 5.70. The highest BCUT2D eigenvalue weighted by Crippen LogP contribution is 2.42. The Morgan fingerprint density at radius 2 is 1.45 bits per heavy atom. The summed E-state index contributed by atoms with van der Waals surface area (Å²) in [6.45, 7) is 3.31. The number of aliphatic imine (C=N–C) groups is 1. The molecule has 1 aromatic heterocycles. The zero-order valence-corrected chi connectivity index (χ0v) is 18.1. The van der Waals surface area contributed by atoms with E-state index in [9.17, 15) is 5.26 Å². The van der Waals surface area contributed by atoms with Gasteiger partial charge in [-0.05, 0) is 23.3 Å². The van der Waals surface area contributed by atoms with E-state index < -0.39 is 0 Å². The minimum atomic E-state index is 0.312. The number of benzene rings is 3. The van der Waals surface area contributed by atoms with Crippen LogP contribution in [-0.4, -0.2) is 32.5 Å². The van der Waals surface area contributed by atoms with Gasteiger partial charge in [-0.2, -0.15) is 5.26 Å². The molecule has 0 aliphatic carbocycles. The second-order valence-electron chi connectivity index (χ2n) is 7.78. The number of furan rings is 1. The smallest absolute Gasteiger partial charge is 0.238 e. The van der Waals surface area contributed by atoms with Crippen LogP contribution >= 0.6 is 0 Å². The van der Waals surface area contributed by atoms with Gasteiger partial charge in [0.25, 0.3) is 0 Å². The van der Waals surface area contributed by atoms with E-state index >= 15 is 0 Å². The first-order valence-corrected chi connectivity index (χ1v) is 11.0. The summed E-state index contributed by atoms with van der Waals surface area (Å²) < 4.78 is 11.6. The van der Waals surface area contributed by atoms with Crippen LogP contribution in [0.3, 0.4) is 0 Å². The van der Waals surface area contributed by atoms with Crippen LogP contribution in [0.5, 0.6) is 0 Å². The van der Waals surface area contributed by atoms with Crippen LogP contribution in [0.15, 0.2) is 94.3 Å². The molecule has 2 heterocycles. The SMILES string of the molecule is N#Cc1c(/N=C/c2ccc(N3CCOCC3)cc2)oc(-c2ccccc2)c1-c1ccccc1. The lowest BCUT2D eigenvalue weighted by molar-refractivity contribution is 0.122. The van der Waals surface area contributed by atoms with Gasteiger partial charge in [0.15, 0.2) is 0 Å². The molecule has 0 N–H and O–H groups in total. The van der Waals surface area contributed by atoms with Gasteiger partial charge in [0.2, 0.25) is 5.88 Å². The Labute approximate surface area is 193 Å². The lowest BCUT2D eigenvalue weighted by Gasteiger charge is -2.28. The summed E-state index contributed by atoms with van der Waals surface area (Å²) in [5.41, 5.74) is 5.14. The highest BCUT2D eigenvalue weighted by molar-refractivity contribution is 5.90. The van der Waals surface area contributed by atoms with Gasteiger partial charge in [-0.15, -0.1) is 0 Å². The maximum Gasteiger partial charge on any atom is 0.238 e. The fourth-order valence-electron chi connectivity index (χ4n) is 4.01. The first kappa shape index (κ1) is 20.7. The molecule has 1 fully saturated rings. The number of morpholine rings is 1. The maximum atomic E-state index is 10.00. The van der Waals surface area contributed by atoms with Crippen molar-refractivity contribution in [3.05, 3.63) is 96.1 Å². The lowest BCUT2D eigenvalue weighted by atomic mass is 9.98. The molecule has 0 amide bonds. The minimum Gasteiger partial charge on any atom is -0.436 e. The van der Waals surface area contributed by atoms with Gasteiger partial charge in [0.05, 0.1) is 13.2 Å². The molecular weight excluding hydrogens is 410 g/mol. The Morgan fingerprint density at radius 1 is 0.818 bits per heavy atom. The van der Waals surface area contributed by atoms with Crippen LogP contribution in [0, 0.1) is 11.3 Å². The minimum absolute atomic E-state index is 0.312. The van der Waals surface area contributed by atoms with Crippen LogP contribution < -0.4 is 4.90 Å². The van der Waals surface area contributed by atoms with Gasteiger partial charge in [-0.1, -0.05) is 72.8 Å². The largest absolute Gasteiger partial charge is 0.436 e. The zero-order valence-electron chi connectivity index (χ0n) is 18.1. The average Bonchev–Trinajstić information content (AvgIpc) is 3.28. The molecule has 0 spiro atoms. The van der Waals surface area contributed by atoms with Crippen molar-refractivity contribution in [1.82, 2.24) is 0 Å². The summed E-state index contributed by atoms with van der Waals surface area (Å²) in [6.07, 6.45) is 1.74. The summed E-state index contributed by atoms with van der Waals surface area (Å²) in [6, 6.07) is 30.2. The van der Waals surface area contributed by atoms with Crippen molar-refractivity contribution in [3.8, 4) is 28.5 Å². The second-order valence-corrected chi connectivity index (χ2v) is 7.78. The van der Waals surface area contributed by atoms with E-state index in [2.05, 4.69) is 28.1 Å². The fourth-order valence-corrected chi connectivity index (χ4v) is 4.01. The van der Waals surface area contributed by atoms with E-state index in [1.165, 1.54) is 5.69 Å². The summed E-state index contributed by atoms with van der Waals surface area (Å²) in [7, 11) is 0. The number of hydrogen-bond acceptors (Lipinski definition) is 5. The molecule has 0 atom stereocenters. The van der Waals surface area contributed by atoms with E-state index in [1.54, 1.807) is 6.21 Å². The highest BCUT2D eigenvalue weighted by Gasteiger charge is 2.22. The monoisotopic (exact) mass is 433 g/mol. The summed E-state index contributed by atoms with van der Waals surface area (Å²) >= 11 is 0. The van der Waals surface area contributed by atoms with Crippen molar-refractivity contribution in [2.45, 2.75) is 0 Å². The summed E-state index contributed by atoms with van der Waals surface area (Å²) in [5.74, 6) is 0.959. The maximum absolute atomic E-state index is 10.00. The number of hydrogen-bond donors (Lipinski definition) is 0. The van der Waals surface area contributed by atoms with Crippen LogP contribution in [0.1, 0.15) is 11.1 Å². The van der Waals surface area contributed by atoms with Gasteiger partial charge in [0.1, 0.15) is 17.4 Å². The summed E-state index contributed by atoms with van der Waals surface area (Å²) in [5, 5.41) is 10.00. The molecule has 1 saturated heterocycles. The van der Waals surface area contributed by atoms with Crippen molar-refractivity contribution in [2.75, 3.05) is 31.2 Å². The van der Waals surface area contributed by atoms with Crippen LogP contribution in [0.25, 0.3) is 22.5 Å². The van der Waals surface area contributed by atoms with E-state index in [0.717, 1.165) is 48.6 Å². The van der Waals surface area contributed by atoms with Crippen molar-refractivity contribution < 1.29 is 9.15 Å². The van der Waals surface area contributed by atoms with Crippen LogP contribution in [-0.2, 0) is 4.74 Å². The molecule has 4 aromatic rings. The molecule has 5 nitrogen and oxygen atoms in total. The average molecular weight is 434 g/mol. The molecule has 162 valence electrons. The Kier molecular flexibility index (Phi) is 6.01. The van der Waals surface area contributed by atoms with Crippen molar-refractivity contribution in [1.29, 1.82) is 5.26 Å². The zero-order chi connectivity index (χ0) is 22.5. The number of anilines is 1. The topological polar surface area (TPSA) is 61.8 Å². The second kappa shape index (κ2) is 9.56. The fraction of sp³-hybridized carbons (Fsp3) is 0.143. The number of nitriles is 1. The molecule has 0 unspecified atom stereocenters. The number of rotatable bonds is 5. The molecular formula is C28H23N3O2. The molecule has 0 saturated carbocycles. The van der Waals surface area contributed by atoms with E-state index in [1.807, 2.05) is 72.8 Å². The molecule has 1 aliphatic heterocycles. The predicted molar refractivity (Wildman–Crippen MR) is 131 cm³/mol. The van der Waals surface area contributed by atoms with Crippen LogP contribution in [0.2, 0.25) is 0 Å². The predicted octanol–water partition coefficient (Wildman–Crippen LogP) is 6.07. The molecule has 1 aliphatic rings. The van der Waals surface area contributed by atoms with E-state index in [-0.39, 0.29) is 0 Å². The van der Waals surface area contributed by atoms with Gasteiger partial charge >= 0.3 is 0 Å². The quantitative estimate of drug-likeness (QED) is 0.358. The normalized spacial score (nSPS) is 13.8. The van der Waals surface area contributed by atoms with Crippen LogP contribution in [0.4, 0.5) is 11.6 Å². The first-order chi connectivity index (χ1) is 16.3. The number of nitrogens with zero attached hydrogens (tertiary/aromatic N) is 3. The van der Waals surface area contributed by atoms with E-state index in [0.29, 0.717) is 17.2 Å². The van der Waals surface area contributed by atoms with Crippen molar-refractivity contribution >= 4 is 17.8 Å². The van der Waals surface area contributed by atoms with Gasteiger partial charge < -0.3 is 14.1 Å². The number of ether oxygens (including phenoxy) is 1. The molecule has 33 heavy (non-hydrogen) atoms. The molecule has 3 aromatic carbocycles. The standard InChI is InChI=1S/C28H23N3O2/c29-19-25-26(22-7-3-1-4-8-22)27(23-9-5-2-6-10-23)33-28(25)30-20-21-11-13-24(14-12-21)31-15-17-32-18-16-31/h1-14,20H,15-18H2/b30-20+. The summed E-state index contributed by atoms with van der Waals surface area (Å²) in [4.78, 5) is 6.88. The van der Waals surface area contributed by atoms with Gasteiger partial charge in [0, 0.05) is 36.1 Å². The van der Waals surface area contributed by atoms with Gasteiger partial charge in [-0.3, -0.25) is 0 Å². The van der Waals surface area contributed by atoms with Gasteiger partial charge in [-0.25, -0.2) is 4.99 Å². The Hall–Kier alpha value is -4.14. The molecule has 0 bridgehead atoms. The first-order valence-electron chi connectivity index (χ1n) is 11.0. The van der Waals surface area contributed by atoms with E-state index in [4.69, 9.17) is 9.15 Å².